The zero-order valence-electron chi connectivity index (χ0n) is 11.5. The summed E-state index contributed by atoms with van der Waals surface area (Å²) in [5, 5.41) is 0. The number of quaternary nitrogens is 1. The third kappa shape index (κ3) is 3.39. The molecule has 1 aromatic rings. The van der Waals surface area contributed by atoms with Crippen LogP contribution in [0.5, 0.6) is 11.5 Å². The average Bonchev–Trinajstić information content (AvgIpc) is 2.41. The number of hydrogen-bond acceptors (Lipinski definition) is 2. The molecule has 0 bridgehead atoms. The lowest BCUT2D eigenvalue weighted by molar-refractivity contribution is -0.918. The molecule has 0 unspecified atom stereocenters. The molecule has 0 saturated carbocycles. The highest BCUT2D eigenvalue weighted by molar-refractivity contribution is 5.42. The van der Waals surface area contributed by atoms with Crippen molar-refractivity contribution in [1.29, 1.82) is 0 Å². The number of benzene rings is 1. The van der Waals surface area contributed by atoms with Gasteiger partial charge in [0.25, 0.3) is 0 Å². The molecule has 1 heterocycles. The van der Waals surface area contributed by atoms with E-state index in [0.29, 0.717) is 6.61 Å². The molecule has 1 aliphatic rings. The van der Waals surface area contributed by atoms with Crippen LogP contribution in [0.25, 0.3) is 0 Å². The summed E-state index contributed by atoms with van der Waals surface area (Å²) in [4.78, 5) is 1.69. The first kappa shape index (κ1) is 13.2. The molecule has 1 saturated heterocycles. The Kier molecular flexibility index (Phi) is 4.88. The summed E-state index contributed by atoms with van der Waals surface area (Å²) >= 11 is 0. The van der Waals surface area contributed by atoms with Gasteiger partial charge in [-0.25, -0.2) is 0 Å². The van der Waals surface area contributed by atoms with Gasteiger partial charge in [0.2, 0.25) is 0 Å². The molecule has 0 atom stereocenters. The van der Waals surface area contributed by atoms with Gasteiger partial charge >= 0.3 is 0 Å². The Hall–Kier alpha value is -1.22. The van der Waals surface area contributed by atoms with E-state index in [2.05, 4.69) is 12.1 Å². The van der Waals surface area contributed by atoms with E-state index in [4.69, 9.17) is 9.47 Å². The molecule has 1 N–H and O–H groups in total. The molecule has 2 rings (SSSR count). The molecule has 18 heavy (non-hydrogen) atoms. The van der Waals surface area contributed by atoms with E-state index in [1.54, 1.807) is 12.0 Å². The van der Waals surface area contributed by atoms with Crippen LogP contribution in [0, 0.1) is 0 Å². The van der Waals surface area contributed by atoms with E-state index >= 15 is 0 Å². The third-order valence-corrected chi connectivity index (χ3v) is 3.54. The first-order valence-electron chi connectivity index (χ1n) is 6.96. The maximum Gasteiger partial charge on any atom is 0.161 e. The highest BCUT2D eigenvalue weighted by Gasteiger charge is 2.15. The van der Waals surface area contributed by atoms with Crippen molar-refractivity contribution in [2.75, 3.05) is 26.8 Å². The van der Waals surface area contributed by atoms with Gasteiger partial charge in [-0.1, -0.05) is 0 Å². The van der Waals surface area contributed by atoms with Crippen LogP contribution < -0.4 is 14.4 Å². The van der Waals surface area contributed by atoms with Crippen molar-refractivity contribution in [3.63, 3.8) is 0 Å². The SMILES string of the molecule is CCOc1cc(C[NH+]2CCCCC2)ccc1OC. The number of methoxy groups -OCH3 is 1. The second kappa shape index (κ2) is 6.64. The predicted octanol–water partition coefficient (Wildman–Crippen LogP) is 1.66. The molecule has 0 radical (unpaired) electrons. The second-order valence-corrected chi connectivity index (χ2v) is 4.91. The van der Waals surface area contributed by atoms with Gasteiger partial charge in [-0.3, -0.25) is 0 Å². The number of hydrogen-bond donors (Lipinski definition) is 1. The first-order chi connectivity index (χ1) is 8.83. The van der Waals surface area contributed by atoms with Crippen LogP contribution in [0.1, 0.15) is 31.7 Å². The average molecular weight is 250 g/mol. The Balaban J connectivity index is 2.05. The molecule has 100 valence electrons. The fraction of sp³-hybridized carbons (Fsp3) is 0.600. The lowest BCUT2D eigenvalue weighted by Crippen LogP contribution is -3.11. The van der Waals surface area contributed by atoms with E-state index in [1.165, 1.54) is 37.9 Å². The van der Waals surface area contributed by atoms with Gasteiger partial charge in [0.1, 0.15) is 6.54 Å². The summed E-state index contributed by atoms with van der Waals surface area (Å²) in [5.74, 6) is 1.70. The van der Waals surface area contributed by atoms with Gasteiger partial charge in [0.05, 0.1) is 26.8 Å². The largest absolute Gasteiger partial charge is 0.493 e. The lowest BCUT2D eigenvalue weighted by atomic mass is 10.1. The van der Waals surface area contributed by atoms with Crippen molar-refractivity contribution in [3.05, 3.63) is 23.8 Å². The molecule has 0 aromatic heterocycles. The van der Waals surface area contributed by atoms with Crippen LogP contribution >= 0.6 is 0 Å². The first-order valence-corrected chi connectivity index (χ1v) is 6.96. The van der Waals surface area contributed by atoms with E-state index in [-0.39, 0.29) is 0 Å². The minimum Gasteiger partial charge on any atom is -0.493 e. The van der Waals surface area contributed by atoms with Crippen LogP contribution in [0.3, 0.4) is 0 Å². The van der Waals surface area contributed by atoms with Crippen molar-refractivity contribution in [2.24, 2.45) is 0 Å². The molecule has 0 aliphatic carbocycles. The summed E-state index contributed by atoms with van der Waals surface area (Å²) in [7, 11) is 1.69. The molecule has 3 nitrogen and oxygen atoms in total. The highest BCUT2D eigenvalue weighted by Crippen LogP contribution is 2.27. The Morgan fingerprint density at radius 3 is 2.56 bits per heavy atom. The molecule has 3 heteroatoms. The van der Waals surface area contributed by atoms with E-state index in [9.17, 15) is 0 Å². The monoisotopic (exact) mass is 250 g/mol. The molecular formula is C15H24NO2+. The summed E-state index contributed by atoms with van der Waals surface area (Å²) in [5.41, 5.74) is 1.34. The summed E-state index contributed by atoms with van der Waals surface area (Å²) < 4.78 is 10.9. The van der Waals surface area contributed by atoms with E-state index < -0.39 is 0 Å². The van der Waals surface area contributed by atoms with E-state index in [0.717, 1.165) is 18.0 Å². The number of rotatable bonds is 5. The number of piperidine rings is 1. The molecule has 1 fully saturated rings. The molecular weight excluding hydrogens is 226 g/mol. The number of ether oxygens (including phenoxy) is 2. The standard InChI is InChI=1S/C15H23NO2/c1-3-18-15-11-13(7-8-14(15)17-2)12-16-9-5-4-6-10-16/h7-8,11H,3-6,9-10,12H2,1-2H3/p+1. The minimum absolute atomic E-state index is 0.677. The second-order valence-electron chi connectivity index (χ2n) is 4.91. The van der Waals surface area contributed by atoms with Gasteiger partial charge in [-0.05, 0) is 44.4 Å². The zero-order chi connectivity index (χ0) is 12.8. The van der Waals surface area contributed by atoms with E-state index in [1.807, 2.05) is 13.0 Å². The van der Waals surface area contributed by atoms with Crippen LogP contribution in [0.2, 0.25) is 0 Å². The third-order valence-electron chi connectivity index (χ3n) is 3.54. The fourth-order valence-corrected chi connectivity index (χ4v) is 2.62. The van der Waals surface area contributed by atoms with Crippen LogP contribution in [0.4, 0.5) is 0 Å². The smallest absolute Gasteiger partial charge is 0.161 e. The van der Waals surface area contributed by atoms with Crippen molar-refractivity contribution in [1.82, 2.24) is 0 Å². The van der Waals surface area contributed by atoms with Gasteiger partial charge < -0.3 is 14.4 Å². The zero-order valence-corrected chi connectivity index (χ0v) is 11.5. The van der Waals surface area contributed by atoms with Crippen LogP contribution in [0.15, 0.2) is 18.2 Å². The lowest BCUT2D eigenvalue weighted by Gasteiger charge is -2.23. The van der Waals surface area contributed by atoms with Crippen molar-refractivity contribution < 1.29 is 14.4 Å². The van der Waals surface area contributed by atoms with Gasteiger partial charge in [0.15, 0.2) is 11.5 Å². The molecule has 0 spiro atoms. The maximum absolute atomic E-state index is 5.62. The van der Waals surface area contributed by atoms with Crippen molar-refractivity contribution >= 4 is 0 Å². The number of likely N-dealkylation sites (tertiary alicyclic amines) is 1. The summed E-state index contributed by atoms with van der Waals surface area (Å²) in [6.07, 6.45) is 4.13. The summed E-state index contributed by atoms with van der Waals surface area (Å²) in [6, 6.07) is 6.30. The van der Waals surface area contributed by atoms with Gasteiger partial charge in [-0.15, -0.1) is 0 Å². The van der Waals surface area contributed by atoms with Crippen LogP contribution in [-0.4, -0.2) is 26.8 Å². The summed E-state index contributed by atoms with van der Waals surface area (Å²) in [6.45, 7) is 6.38. The van der Waals surface area contributed by atoms with Gasteiger partial charge in [0, 0.05) is 5.56 Å². The Morgan fingerprint density at radius 2 is 1.89 bits per heavy atom. The quantitative estimate of drug-likeness (QED) is 0.859. The Bertz CT molecular complexity index is 373. The Morgan fingerprint density at radius 1 is 1.11 bits per heavy atom. The predicted molar refractivity (Wildman–Crippen MR) is 72.4 cm³/mol. The van der Waals surface area contributed by atoms with Crippen LogP contribution in [-0.2, 0) is 6.54 Å². The molecule has 1 aromatic carbocycles. The topological polar surface area (TPSA) is 22.9 Å². The maximum atomic E-state index is 5.62. The molecule has 1 aliphatic heterocycles. The minimum atomic E-state index is 0.677. The van der Waals surface area contributed by atoms with Crippen molar-refractivity contribution in [3.8, 4) is 11.5 Å². The highest BCUT2D eigenvalue weighted by atomic mass is 16.5. The van der Waals surface area contributed by atoms with Gasteiger partial charge in [-0.2, -0.15) is 0 Å². The Labute approximate surface area is 110 Å². The normalized spacial score (nSPS) is 16.6. The number of nitrogens with one attached hydrogen (secondary N) is 1. The fourth-order valence-electron chi connectivity index (χ4n) is 2.62. The van der Waals surface area contributed by atoms with Crippen molar-refractivity contribution in [2.45, 2.75) is 32.7 Å². The molecule has 0 amide bonds.